The summed E-state index contributed by atoms with van der Waals surface area (Å²) in [6.07, 6.45) is 2.34. The van der Waals surface area contributed by atoms with Crippen molar-refractivity contribution < 1.29 is 0 Å². The van der Waals surface area contributed by atoms with Gasteiger partial charge in [0.15, 0.2) is 0 Å². The molecule has 0 aliphatic heterocycles. The maximum atomic E-state index is 4.16. The van der Waals surface area contributed by atoms with E-state index in [-0.39, 0.29) is 0 Å². The van der Waals surface area contributed by atoms with Crippen molar-refractivity contribution in [1.82, 2.24) is 0 Å². The van der Waals surface area contributed by atoms with E-state index in [4.69, 9.17) is 0 Å². The van der Waals surface area contributed by atoms with E-state index in [0.717, 1.165) is 0 Å². The number of hydrogen-bond donors (Lipinski definition) is 0. The molecule has 0 aliphatic rings. The van der Waals surface area contributed by atoms with Gasteiger partial charge in [-0.1, -0.05) is 146 Å². The first-order chi connectivity index (χ1) is 17.8. The van der Waals surface area contributed by atoms with Crippen LogP contribution in [0.25, 0.3) is 0 Å². The first-order valence-corrected chi connectivity index (χ1v) is 19.0. The molecule has 0 fully saturated rings. The van der Waals surface area contributed by atoms with Crippen LogP contribution in [0.1, 0.15) is 0 Å². The summed E-state index contributed by atoms with van der Waals surface area (Å²) in [7, 11) is -1.95. The Bertz CT molecular complexity index is 1310. The Morgan fingerprint density at radius 3 is 1.36 bits per heavy atom. The molecule has 0 aliphatic carbocycles. The summed E-state index contributed by atoms with van der Waals surface area (Å²) in [5, 5.41) is 8.78. The average molecular weight is 583 g/mol. The van der Waals surface area contributed by atoms with E-state index in [1.54, 1.807) is 0 Å². The van der Waals surface area contributed by atoms with E-state index in [0.29, 0.717) is 0 Å². The lowest BCUT2D eigenvalue weighted by Gasteiger charge is -2.33. The summed E-state index contributed by atoms with van der Waals surface area (Å²) < 4.78 is 0. The zero-order chi connectivity index (χ0) is 24.6. The minimum atomic E-state index is -1.03. The van der Waals surface area contributed by atoms with Gasteiger partial charge in [0.05, 0.1) is 0 Å². The highest BCUT2D eigenvalue weighted by Crippen LogP contribution is 2.41. The van der Waals surface area contributed by atoms with Crippen molar-refractivity contribution in [2.24, 2.45) is 0 Å². The van der Waals surface area contributed by atoms with Gasteiger partial charge < -0.3 is 15.3 Å². The number of hydrogen-bond acceptors (Lipinski definition) is 0. The number of benzene rings is 5. The Balaban J connectivity index is 1.52. The highest BCUT2D eigenvalue weighted by atomic mass is 79.9. The molecule has 0 nitrogen and oxygen atoms in total. The molecule has 0 heterocycles. The first-order valence-electron chi connectivity index (χ1n) is 12.2. The van der Waals surface area contributed by atoms with Gasteiger partial charge in [0.25, 0.3) is 0 Å². The zero-order valence-electron chi connectivity index (χ0n) is 20.0. The highest BCUT2D eigenvalue weighted by molar-refractivity contribution is 9.25. The standard InChI is InChI=1S/C32H28BrP2Si/c33-36(30-21-11-4-12-22-30)32-24-14-13-23-31(32)35(29-19-9-3-10-20-29)26-25-34(27-15-5-1-6-16-27)28-17-7-2-8-18-28/h1-24H,25-26H2/q-1. The third-order valence-electron chi connectivity index (χ3n) is 6.21. The van der Waals surface area contributed by atoms with E-state index in [1.165, 1.54) is 43.9 Å². The molecule has 4 heteroatoms. The van der Waals surface area contributed by atoms with Crippen molar-refractivity contribution >= 4 is 70.1 Å². The molecule has 5 aromatic rings. The van der Waals surface area contributed by atoms with Crippen LogP contribution in [0.5, 0.6) is 0 Å². The minimum Gasteiger partial charge on any atom is -0.321 e. The molecule has 0 N–H and O–H groups in total. The molecule has 0 saturated heterocycles. The van der Waals surface area contributed by atoms with E-state index in [9.17, 15) is 0 Å². The minimum absolute atomic E-state index is 0.420. The van der Waals surface area contributed by atoms with E-state index in [1.807, 2.05) is 0 Å². The van der Waals surface area contributed by atoms with Gasteiger partial charge in [-0.05, 0) is 49.4 Å². The van der Waals surface area contributed by atoms with Gasteiger partial charge in [0, 0.05) is 0 Å². The monoisotopic (exact) mass is 581 g/mol. The van der Waals surface area contributed by atoms with Crippen LogP contribution in [0.2, 0.25) is 0 Å². The Morgan fingerprint density at radius 1 is 0.444 bits per heavy atom. The predicted molar refractivity (Wildman–Crippen MR) is 168 cm³/mol. The molecule has 5 aromatic carbocycles. The SMILES string of the molecule is Br[Si-](c1ccccc1)c1ccccc1P(CCP(c1ccccc1)c1ccccc1)c1ccccc1. The molecular formula is C32H28BrP2Si-. The number of halogens is 1. The number of rotatable bonds is 9. The molecule has 0 saturated carbocycles. The predicted octanol–water partition coefficient (Wildman–Crippen LogP) is 5.75. The van der Waals surface area contributed by atoms with Crippen molar-refractivity contribution in [2.45, 2.75) is 0 Å². The molecule has 5 rings (SSSR count). The van der Waals surface area contributed by atoms with Gasteiger partial charge in [-0.15, -0.1) is 0 Å². The summed E-state index contributed by atoms with van der Waals surface area (Å²) in [5.74, 6) is 0. The molecule has 0 amide bonds. The second kappa shape index (κ2) is 12.8. The maximum Gasteiger partial charge on any atom is -0.0195 e. The summed E-state index contributed by atoms with van der Waals surface area (Å²) in [6, 6.07) is 53.5. The quantitative estimate of drug-likeness (QED) is 0.118. The molecular weight excluding hydrogens is 554 g/mol. The molecule has 36 heavy (non-hydrogen) atoms. The Labute approximate surface area is 227 Å². The van der Waals surface area contributed by atoms with Crippen molar-refractivity contribution in [1.29, 1.82) is 0 Å². The van der Waals surface area contributed by atoms with Gasteiger partial charge >= 0.3 is 0 Å². The van der Waals surface area contributed by atoms with Crippen LogP contribution in [0.4, 0.5) is 0 Å². The van der Waals surface area contributed by atoms with Crippen molar-refractivity contribution in [3.05, 3.63) is 146 Å². The summed E-state index contributed by atoms with van der Waals surface area (Å²) in [5.41, 5.74) is 0. The van der Waals surface area contributed by atoms with Crippen LogP contribution in [0.3, 0.4) is 0 Å². The molecule has 178 valence electrons. The van der Waals surface area contributed by atoms with Crippen molar-refractivity contribution in [2.75, 3.05) is 12.3 Å². The fourth-order valence-corrected chi connectivity index (χ4v) is 14.3. The van der Waals surface area contributed by atoms with E-state index in [2.05, 4.69) is 161 Å². The zero-order valence-corrected chi connectivity index (χ0v) is 24.4. The molecule has 0 spiro atoms. The second-order valence-corrected chi connectivity index (χ2v) is 17.3. The maximum absolute atomic E-state index is 4.16. The van der Waals surface area contributed by atoms with E-state index < -0.39 is 23.3 Å². The van der Waals surface area contributed by atoms with Crippen molar-refractivity contribution in [3.63, 3.8) is 0 Å². The molecule has 1 atom stereocenters. The van der Waals surface area contributed by atoms with Gasteiger partial charge in [-0.3, -0.25) is 0 Å². The third-order valence-corrected chi connectivity index (χ3v) is 16.3. The summed E-state index contributed by atoms with van der Waals surface area (Å²) in [4.78, 5) is 0. The van der Waals surface area contributed by atoms with Crippen molar-refractivity contribution in [3.8, 4) is 0 Å². The molecule has 0 bridgehead atoms. The van der Waals surface area contributed by atoms with Gasteiger partial charge in [-0.2, -0.15) is 17.8 Å². The fourth-order valence-electron chi connectivity index (χ4n) is 4.45. The Kier molecular flexibility index (Phi) is 8.97. The van der Waals surface area contributed by atoms with Crippen LogP contribution >= 0.6 is 31.1 Å². The van der Waals surface area contributed by atoms with Crippen LogP contribution in [0, 0.1) is 0 Å². The van der Waals surface area contributed by atoms with Gasteiger partial charge in [0.1, 0.15) is 0 Å². The Hall–Kier alpha value is -2.34. The normalized spacial score (nSPS) is 11.8. The van der Waals surface area contributed by atoms with Crippen LogP contribution in [0.15, 0.2) is 146 Å². The van der Waals surface area contributed by atoms with Gasteiger partial charge in [-0.25, -0.2) is 0 Å². The smallest absolute Gasteiger partial charge is 0.0195 e. The summed E-state index contributed by atoms with van der Waals surface area (Å²) >= 11 is 4.16. The summed E-state index contributed by atoms with van der Waals surface area (Å²) in [6.45, 7) is 0. The fraction of sp³-hybridized carbons (Fsp3) is 0.0625. The molecule has 0 aromatic heterocycles. The highest BCUT2D eigenvalue weighted by Gasteiger charge is 2.20. The van der Waals surface area contributed by atoms with Gasteiger partial charge in [0.2, 0.25) is 0 Å². The Morgan fingerprint density at radius 2 is 0.833 bits per heavy atom. The second-order valence-electron chi connectivity index (χ2n) is 8.51. The largest absolute Gasteiger partial charge is 0.321 e. The van der Waals surface area contributed by atoms with E-state index >= 15 is 0 Å². The van der Waals surface area contributed by atoms with Crippen LogP contribution < -0.4 is 31.6 Å². The average Bonchev–Trinajstić information content (AvgIpc) is 2.97. The lowest BCUT2D eigenvalue weighted by Crippen LogP contribution is -2.45. The third kappa shape index (κ3) is 6.13. The first kappa shape index (κ1) is 25.3. The lowest BCUT2D eigenvalue weighted by atomic mass is 10.4. The topological polar surface area (TPSA) is 0 Å². The molecule has 1 unspecified atom stereocenters. The lowest BCUT2D eigenvalue weighted by molar-refractivity contribution is 1.51. The molecule has 0 radical (unpaired) electrons. The van der Waals surface area contributed by atoms with Crippen LogP contribution in [-0.2, 0) is 0 Å². The van der Waals surface area contributed by atoms with Crippen LogP contribution in [-0.4, -0.2) is 19.7 Å².